The van der Waals surface area contributed by atoms with Crippen molar-refractivity contribution in [2.24, 2.45) is 5.92 Å². The molecule has 1 fully saturated rings. The van der Waals surface area contributed by atoms with E-state index in [9.17, 15) is 14.0 Å². The number of halogens is 2. The van der Waals surface area contributed by atoms with Gasteiger partial charge in [-0.05, 0) is 24.6 Å². The third kappa shape index (κ3) is 2.39. The van der Waals surface area contributed by atoms with Crippen LogP contribution in [0.25, 0.3) is 0 Å². The first-order valence-corrected chi connectivity index (χ1v) is 5.90. The molecule has 0 unspecified atom stereocenters. The molecule has 17 heavy (non-hydrogen) atoms. The lowest BCUT2D eigenvalue weighted by Gasteiger charge is -2.07. The fourth-order valence-electron chi connectivity index (χ4n) is 1.64. The second-order valence-electron chi connectivity index (χ2n) is 3.90. The Hall–Kier alpha value is -1.23. The monoisotopic (exact) mass is 300 g/mol. The molecule has 5 heteroatoms. The molecule has 0 bridgehead atoms. The van der Waals surface area contributed by atoms with Gasteiger partial charge < -0.3 is 4.74 Å². The van der Waals surface area contributed by atoms with E-state index in [0.717, 1.165) is 0 Å². The number of rotatable bonds is 3. The van der Waals surface area contributed by atoms with Gasteiger partial charge in [0, 0.05) is 10.0 Å². The van der Waals surface area contributed by atoms with Crippen LogP contribution in [0.1, 0.15) is 27.1 Å². The van der Waals surface area contributed by atoms with E-state index in [1.54, 1.807) is 6.07 Å². The number of ketones is 1. The summed E-state index contributed by atoms with van der Waals surface area (Å²) in [6, 6.07) is 4.67. The largest absolute Gasteiger partial charge is 0.465 e. The van der Waals surface area contributed by atoms with Crippen molar-refractivity contribution < 1.29 is 18.7 Å². The van der Waals surface area contributed by atoms with Crippen molar-refractivity contribution >= 4 is 27.7 Å². The summed E-state index contributed by atoms with van der Waals surface area (Å²) >= 11 is 3.22. The van der Waals surface area contributed by atoms with Crippen LogP contribution in [0.15, 0.2) is 22.7 Å². The summed E-state index contributed by atoms with van der Waals surface area (Å²) in [5.41, 5.74) is 0.399. The highest BCUT2D eigenvalue weighted by Gasteiger charge is 2.44. The van der Waals surface area contributed by atoms with Gasteiger partial charge in [-0.1, -0.05) is 15.9 Å². The number of Topliss-reactive ketones (excluding diaryl/α,β-unsaturated/α-hetero) is 1. The van der Waals surface area contributed by atoms with E-state index < -0.39 is 18.1 Å². The zero-order chi connectivity index (χ0) is 12.6. The molecule has 0 N–H and O–H groups in total. The summed E-state index contributed by atoms with van der Waals surface area (Å²) < 4.78 is 18.1. The third-order valence-corrected chi connectivity index (χ3v) is 3.19. The molecule has 2 rings (SSSR count). The summed E-state index contributed by atoms with van der Waals surface area (Å²) in [7, 11) is 1.24. The van der Waals surface area contributed by atoms with Gasteiger partial charge in [0.15, 0.2) is 5.78 Å². The number of carbonyl (C=O) groups is 2. The fourth-order valence-corrected chi connectivity index (χ4v) is 2.00. The lowest BCUT2D eigenvalue weighted by atomic mass is 10.0. The predicted octanol–water partition coefficient (Wildman–Crippen LogP) is 2.78. The molecule has 0 aromatic heterocycles. The number of hydrogen-bond acceptors (Lipinski definition) is 3. The standard InChI is InChI=1S/C12H10BrFO3/c1-17-12(16)7-3-2-6(13)4-8(7)11(15)9-5-10(9)14/h2-4,9-10H,5H2,1H3/t9-,10+/m0/s1. The molecule has 1 aromatic rings. The summed E-state index contributed by atoms with van der Waals surface area (Å²) in [4.78, 5) is 23.4. The van der Waals surface area contributed by atoms with E-state index >= 15 is 0 Å². The number of hydrogen-bond donors (Lipinski definition) is 0. The molecule has 1 aromatic carbocycles. The summed E-state index contributed by atoms with van der Waals surface area (Å²) in [6.07, 6.45) is -0.835. The fraction of sp³-hybridized carbons (Fsp3) is 0.333. The van der Waals surface area contributed by atoms with Crippen LogP contribution in [0.5, 0.6) is 0 Å². The average molecular weight is 301 g/mol. The van der Waals surface area contributed by atoms with Gasteiger partial charge in [-0.3, -0.25) is 4.79 Å². The third-order valence-electron chi connectivity index (χ3n) is 2.70. The van der Waals surface area contributed by atoms with Crippen molar-refractivity contribution in [2.75, 3.05) is 7.11 Å². The van der Waals surface area contributed by atoms with E-state index in [-0.39, 0.29) is 23.3 Å². The zero-order valence-corrected chi connectivity index (χ0v) is 10.7. The minimum atomic E-state index is -1.08. The molecule has 1 saturated carbocycles. The van der Waals surface area contributed by atoms with E-state index in [0.29, 0.717) is 4.47 Å². The molecule has 2 atom stereocenters. The van der Waals surface area contributed by atoms with E-state index in [4.69, 9.17) is 0 Å². The maximum atomic E-state index is 12.9. The number of benzene rings is 1. The normalized spacial score (nSPS) is 22.1. The minimum Gasteiger partial charge on any atom is -0.465 e. The van der Waals surface area contributed by atoms with Crippen molar-refractivity contribution in [3.05, 3.63) is 33.8 Å². The summed E-state index contributed by atoms with van der Waals surface area (Å²) in [6.45, 7) is 0. The van der Waals surface area contributed by atoms with Crippen LogP contribution >= 0.6 is 15.9 Å². The van der Waals surface area contributed by atoms with Gasteiger partial charge >= 0.3 is 5.97 Å². The average Bonchev–Trinajstić information content (AvgIpc) is 3.04. The molecule has 90 valence electrons. The predicted molar refractivity (Wildman–Crippen MR) is 62.8 cm³/mol. The van der Waals surface area contributed by atoms with Crippen LogP contribution in [0, 0.1) is 5.92 Å². The van der Waals surface area contributed by atoms with E-state index in [1.165, 1.54) is 19.2 Å². The number of esters is 1. The Kier molecular flexibility index (Phi) is 3.28. The Morgan fingerprint density at radius 1 is 1.41 bits per heavy atom. The zero-order valence-electron chi connectivity index (χ0n) is 9.07. The number of alkyl halides is 1. The molecular weight excluding hydrogens is 291 g/mol. The quantitative estimate of drug-likeness (QED) is 0.637. The maximum absolute atomic E-state index is 12.9. The lowest BCUT2D eigenvalue weighted by Crippen LogP contribution is -2.12. The van der Waals surface area contributed by atoms with E-state index in [2.05, 4.69) is 20.7 Å². The van der Waals surface area contributed by atoms with Crippen molar-refractivity contribution in [3.8, 4) is 0 Å². The summed E-state index contributed by atoms with van der Waals surface area (Å²) in [5, 5.41) is 0. The van der Waals surface area contributed by atoms with Crippen molar-refractivity contribution in [2.45, 2.75) is 12.6 Å². The number of ether oxygens (including phenoxy) is 1. The minimum absolute atomic E-state index is 0.180. The van der Waals surface area contributed by atoms with Crippen LogP contribution < -0.4 is 0 Å². The van der Waals surface area contributed by atoms with Crippen LogP contribution in [-0.4, -0.2) is 25.0 Å². The molecule has 0 radical (unpaired) electrons. The number of carbonyl (C=O) groups excluding carboxylic acids is 2. The second-order valence-corrected chi connectivity index (χ2v) is 4.82. The van der Waals surface area contributed by atoms with Gasteiger partial charge in [0.2, 0.25) is 0 Å². The molecule has 0 spiro atoms. The van der Waals surface area contributed by atoms with Gasteiger partial charge in [-0.25, -0.2) is 9.18 Å². The summed E-state index contributed by atoms with van der Waals surface area (Å²) in [5.74, 6) is -1.52. The van der Waals surface area contributed by atoms with Crippen molar-refractivity contribution in [3.63, 3.8) is 0 Å². The molecule has 0 aliphatic heterocycles. The molecule has 0 saturated heterocycles. The first-order chi connectivity index (χ1) is 8.04. The van der Waals surface area contributed by atoms with Crippen molar-refractivity contribution in [1.82, 2.24) is 0 Å². The Morgan fingerprint density at radius 2 is 2.06 bits per heavy atom. The van der Waals surface area contributed by atoms with Crippen LogP contribution in [0.2, 0.25) is 0 Å². The first kappa shape index (κ1) is 12.2. The topological polar surface area (TPSA) is 43.4 Å². The molecule has 3 nitrogen and oxygen atoms in total. The Labute approximate surface area is 106 Å². The maximum Gasteiger partial charge on any atom is 0.338 e. The highest BCUT2D eigenvalue weighted by molar-refractivity contribution is 9.10. The van der Waals surface area contributed by atoms with Gasteiger partial charge in [0.1, 0.15) is 6.17 Å². The van der Waals surface area contributed by atoms with Gasteiger partial charge in [0.25, 0.3) is 0 Å². The molecule has 1 aliphatic rings. The van der Waals surface area contributed by atoms with Gasteiger partial charge in [-0.2, -0.15) is 0 Å². The molecule has 1 aliphatic carbocycles. The van der Waals surface area contributed by atoms with Crippen LogP contribution in [-0.2, 0) is 4.74 Å². The molecule has 0 heterocycles. The van der Waals surface area contributed by atoms with Crippen LogP contribution in [0.4, 0.5) is 4.39 Å². The Morgan fingerprint density at radius 3 is 2.59 bits per heavy atom. The van der Waals surface area contributed by atoms with Gasteiger partial charge in [-0.15, -0.1) is 0 Å². The Balaban J connectivity index is 2.39. The second kappa shape index (κ2) is 4.56. The first-order valence-electron chi connectivity index (χ1n) is 5.10. The Bertz CT molecular complexity index is 487. The van der Waals surface area contributed by atoms with E-state index in [1.807, 2.05) is 0 Å². The number of methoxy groups -OCH3 is 1. The molecule has 0 amide bonds. The highest BCUT2D eigenvalue weighted by Crippen LogP contribution is 2.37. The lowest BCUT2D eigenvalue weighted by molar-refractivity contribution is 0.0596. The smallest absolute Gasteiger partial charge is 0.338 e. The van der Waals surface area contributed by atoms with Crippen molar-refractivity contribution in [1.29, 1.82) is 0 Å². The SMILES string of the molecule is COC(=O)c1ccc(Br)cc1C(=O)[C@H]1C[C@H]1F. The highest BCUT2D eigenvalue weighted by atomic mass is 79.9. The molecular formula is C12H10BrFO3. The van der Waals surface area contributed by atoms with Crippen LogP contribution in [0.3, 0.4) is 0 Å². The van der Waals surface area contributed by atoms with Gasteiger partial charge in [0.05, 0.1) is 18.6 Å².